The van der Waals surface area contributed by atoms with E-state index in [2.05, 4.69) is 26.7 Å². The molecule has 0 spiro atoms. The summed E-state index contributed by atoms with van der Waals surface area (Å²) in [6, 6.07) is 3.78. The van der Waals surface area contributed by atoms with Crippen molar-refractivity contribution in [2.45, 2.75) is 24.9 Å². The molecule has 0 amide bonds. The molecule has 0 aromatic carbocycles. The average molecular weight is 435 g/mol. The Balaban J connectivity index is 2.04. The highest BCUT2D eigenvalue weighted by Crippen LogP contribution is 2.34. The van der Waals surface area contributed by atoms with E-state index in [1.54, 1.807) is 29.6 Å². The average Bonchev–Trinajstić information content (AvgIpc) is 3.09. The standard InChI is InChI=1S/C20H20F3N5OS/c1-5-29-12(3)13-9-16(30-6-2)17(25-11-13)19-27-26-18(28(19)4)15-10-14(7-8-24-15)20(21,22)23/h7-11H,3,5-6H2,1-2,4H3. The van der Waals surface area contributed by atoms with Gasteiger partial charge in [0.25, 0.3) is 0 Å². The zero-order valence-electron chi connectivity index (χ0n) is 16.7. The minimum atomic E-state index is -4.47. The fraction of sp³-hybridized carbons (Fsp3) is 0.300. The predicted molar refractivity (Wildman–Crippen MR) is 110 cm³/mol. The molecule has 0 radical (unpaired) electrons. The van der Waals surface area contributed by atoms with Crippen LogP contribution in [0.4, 0.5) is 13.2 Å². The van der Waals surface area contributed by atoms with Gasteiger partial charge in [0.15, 0.2) is 11.6 Å². The van der Waals surface area contributed by atoms with Gasteiger partial charge in [-0.3, -0.25) is 9.97 Å². The molecule has 3 heterocycles. The molecule has 0 aliphatic carbocycles. The molecule has 0 N–H and O–H groups in total. The number of halogens is 3. The number of aromatic nitrogens is 5. The molecule has 0 aliphatic heterocycles. The van der Waals surface area contributed by atoms with E-state index >= 15 is 0 Å². The molecule has 0 bridgehead atoms. The fourth-order valence-electron chi connectivity index (χ4n) is 2.78. The van der Waals surface area contributed by atoms with E-state index in [4.69, 9.17) is 4.74 Å². The summed E-state index contributed by atoms with van der Waals surface area (Å²) in [5, 5.41) is 8.24. The second-order valence-electron chi connectivity index (χ2n) is 6.19. The number of ether oxygens (including phenoxy) is 1. The van der Waals surface area contributed by atoms with Crippen LogP contribution in [0, 0.1) is 0 Å². The van der Waals surface area contributed by atoms with Crippen LogP contribution in [-0.2, 0) is 18.0 Å². The maximum Gasteiger partial charge on any atom is 0.416 e. The van der Waals surface area contributed by atoms with Gasteiger partial charge in [-0.25, -0.2) is 0 Å². The van der Waals surface area contributed by atoms with Gasteiger partial charge in [-0.2, -0.15) is 13.2 Å². The van der Waals surface area contributed by atoms with Crippen molar-refractivity contribution in [3.05, 3.63) is 48.3 Å². The van der Waals surface area contributed by atoms with Crippen LogP contribution in [-0.4, -0.2) is 37.1 Å². The predicted octanol–water partition coefficient (Wildman–Crippen LogP) is 5.08. The van der Waals surface area contributed by atoms with Crippen molar-refractivity contribution >= 4 is 17.5 Å². The highest BCUT2D eigenvalue weighted by molar-refractivity contribution is 7.99. The Labute approximate surface area is 176 Å². The number of thioether (sulfide) groups is 1. The van der Waals surface area contributed by atoms with Gasteiger partial charge in [0.2, 0.25) is 0 Å². The van der Waals surface area contributed by atoms with Crippen LogP contribution in [0.3, 0.4) is 0 Å². The van der Waals surface area contributed by atoms with Crippen LogP contribution in [0.5, 0.6) is 0 Å². The highest BCUT2D eigenvalue weighted by atomic mass is 32.2. The molecule has 0 fully saturated rings. The zero-order chi connectivity index (χ0) is 21.9. The number of rotatable bonds is 7. The molecule has 30 heavy (non-hydrogen) atoms. The molecule has 6 nitrogen and oxygen atoms in total. The quantitative estimate of drug-likeness (QED) is 0.381. The number of alkyl halides is 3. The molecule has 0 atom stereocenters. The Kier molecular flexibility index (Phi) is 6.45. The van der Waals surface area contributed by atoms with E-state index in [-0.39, 0.29) is 11.5 Å². The first-order chi connectivity index (χ1) is 14.3. The summed E-state index contributed by atoms with van der Waals surface area (Å²) in [5.41, 5.74) is 0.606. The van der Waals surface area contributed by atoms with Gasteiger partial charge in [0.1, 0.15) is 17.1 Å². The Morgan fingerprint density at radius 3 is 2.57 bits per heavy atom. The van der Waals surface area contributed by atoms with E-state index in [0.29, 0.717) is 23.9 Å². The van der Waals surface area contributed by atoms with Crippen molar-refractivity contribution in [2.24, 2.45) is 7.05 Å². The lowest BCUT2D eigenvalue weighted by atomic mass is 10.2. The largest absolute Gasteiger partial charge is 0.494 e. The number of nitrogens with zero attached hydrogens (tertiary/aromatic N) is 5. The second-order valence-corrected chi connectivity index (χ2v) is 7.50. The SMILES string of the molecule is C=C(OCC)c1cnc(-c2nnc(-c3cc(C(F)(F)F)ccn3)n2C)c(SCC)c1. The van der Waals surface area contributed by atoms with E-state index < -0.39 is 11.7 Å². The summed E-state index contributed by atoms with van der Waals surface area (Å²) in [4.78, 5) is 9.38. The maximum absolute atomic E-state index is 13.0. The third kappa shape index (κ3) is 4.48. The van der Waals surface area contributed by atoms with E-state index in [1.807, 2.05) is 19.9 Å². The molecule has 0 saturated heterocycles. The first-order valence-electron chi connectivity index (χ1n) is 9.14. The van der Waals surface area contributed by atoms with Crippen LogP contribution in [0.1, 0.15) is 25.0 Å². The lowest BCUT2D eigenvalue weighted by Crippen LogP contribution is -2.06. The molecule has 3 aromatic rings. The monoisotopic (exact) mass is 435 g/mol. The van der Waals surface area contributed by atoms with Gasteiger partial charge >= 0.3 is 6.18 Å². The van der Waals surface area contributed by atoms with Crippen LogP contribution < -0.4 is 0 Å². The summed E-state index contributed by atoms with van der Waals surface area (Å²) in [7, 11) is 1.67. The summed E-state index contributed by atoms with van der Waals surface area (Å²) in [6.45, 7) is 8.28. The number of hydrogen-bond donors (Lipinski definition) is 0. The molecule has 0 aliphatic rings. The van der Waals surface area contributed by atoms with Gasteiger partial charge < -0.3 is 9.30 Å². The molecule has 3 aromatic heterocycles. The molecule has 0 unspecified atom stereocenters. The molecule has 158 valence electrons. The Morgan fingerprint density at radius 2 is 1.90 bits per heavy atom. The fourth-order valence-corrected chi connectivity index (χ4v) is 3.58. The Morgan fingerprint density at radius 1 is 1.17 bits per heavy atom. The van der Waals surface area contributed by atoms with Crippen molar-refractivity contribution in [1.29, 1.82) is 0 Å². The van der Waals surface area contributed by atoms with Crippen molar-refractivity contribution in [2.75, 3.05) is 12.4 Å². The topological polar surface area (TPSA) is 65.7 Å². The minimum absolute atomic E-state index is 0.0807. The Bertz CT molecular complexity index is 1060. The molecule has 10 heteroatoms. The van der Waals surface area contributed by atoms with Gasteiger partial charge in [-0.05, 0) is 30.9 Å². The molecular weight excluding hydrogens is 415 g/mol. The van der Waals surface area contributed by atoms with Gasteiger partial charge in [-0.15, -0.1) is 22.0 Å². The molecule has 3 rings (SSSR count). The van der Waals surface area contributed by atoms with E-state index in [0.717, 1.165) is 34.5 Å². The molecule has 0 saturated carbocycles. The Hall–Kier alpha value is -2.88. The summed E-state index contributed by atoms with van der Waals surface area (Å²) < 4.78 is 46.2. The third-order valence-electron chi connectivity index (χ3n) is 4.20. The van der Waals surface area contributed by atoms with Gasteiger partial charge in [0.05, 0.1) is 12.2 Å². The smallest absolute Gasteiger partial charge is 0.416 e. The van der Waals surface area contributed by atoms with Crippen molar-refractivity contribution < 1.29 is 17.9 Å². The second kappa shape index (κ2) is 8.86. The van der Waals surface area contributed by atoms with Crippen LogP contribution in [0.25, 0.3) is 28.8 Å². The van der Waals surface area contributed by atoms with Crippen LogP contribution in [0.15, 0.2) is 42.1 Å². The lowest BCUT2D eigenvalue weighted by Gasteiger charge is -2.12. The van der Waals surface area contributed by atoms with Crippen molar-refractivity contribution in [3.63, 3.8) is 0 Å². The minimum Gasteiger partial charge on any atom is -0.494 e. The number of pyridine rings is 2. The normalized spacial score (nSPS) is 11.5. The van der Waals surface area contributed by atoms with E-state index in [1.165, 1.54) is 0 Å². The lowest BCUT2D eigenvalue weighted by molar-refractivity contribution is -0.137. The molecular formula is C20H20F3N5OS. The van der Waals surface area contributed by atoms with Crippen molar-refractivity contribution in [3.8, 4) is 23.0 Å². The first kappa shape index (κ1) is 21.8. The third-order valence-corrected chi connectivity index (χ3v) is 5.11. The van der Waals surface area contributed by atoms with Gasteiger partial charge in [-0.1, -0.05) is 13.5 Å². The summed E-state index contributed by atoms with van der Waals surface area (Å²) in [5.74, 6) is 1.95. The van der Waals surface area contributed by atoms with Gasteiger partial charge in [0, 0.05) is 29.9 Å². The summed E-state index contributed by atoms with van der Waals surface area (Å²) in [6.07, 6.45) is -1.73. The van der Waals surface area contributed by atoms with Crippen LogP contribution in [0.2, 0.25) is 0 Å². The maximum atomic E-state index is 13.0. The number of hydrogen-bond acceptors (Lipinski definition) is 6. The van der Waals surface area contributed by atoms with Crippen LogP contribution >= 0.6 is 11.8 Å². The first-order valence-corrected chi connectivity index (χ1v) is 10.1. The van der Waals surface area contributed by atoms with E-state index in [9.17, 15) is 13.2 Å². The summed E-state index contributed by atoms with van der Waals surface area (Å²) >= 11 is 1.56. The zero-order valence-corrected chi connectivity index (χ0v) is 17.5. The highest BCUT2D eigenvalue weighted by Gasteiger charge is 2.31. The van der Waals surface area contributed by atoms with Crippen molar-refractivity contribution in [1.82, 2.24) is 24.7 Å².